The number of carboxylic acids is 1. The average Bonchev–Trinajstić information content (AvgIpc) is 2.72. The fourth-order valence-corrected chi connectivity index (χ4v) is 3.56. The summed E-state index contributed by atoms with van der Waals surface area (Å²) >= 11 is 11.7. The van der Waals surface area contributed by atoms with Gasteiger partial charge in [0.25, 0.3) is 10.0 Å². The van der Waals surface area contributed by atoms with Crippen LogP contribution in [-0.2, 0) is 10.0 Å². The van der Waals surface area contributed by atoms with Crippen molar-refractivity contribution in [3.05, 3.63) is 45.7 Å². The maximum Gasteiger partial charge on any atom is 0.354 e. The molecule has 0 fully saturated rings. The standard InChI is InChI=1S/C12H10Cl2N2O4S/c1-6-5-8(11(15-6)12(17)18)16-21(19,20)9-4-2-3-7(13)10(9)14/h2-5,15-16H,1H3,(H,17,18). The lowest BCUT2D eigenvalue weighted by molar-refractivity contribution is 0.0692. The number of aromatic carboxylic acids is 1. The van der Waals surface area contributed by atoms with Crippen molar-refractivity contribution in [1.29, 1.82) is 0 Å². The Morgan fingerprint density at radius 1 is 1.33 bits per heavy atom. The largest absolute Gasteiger partial charge is 0.477 e. The van der Waals surface area contributed by atoms with Crippen LogP contribution in [0.5, 0.6) is 0 Å². The second-order valence-electron chi connectivity index (χ2n) is 4.20. The van der Waals surface area contributed by atoms with E-state index in [2.05, 4.69) is 9.71 Å². The Balaban J connectivity index is 2.47. The number of aryl methyl sites for hydroxylation is 1. The molecule has 21 heavy (non-hydrogen) atoms. The first-order valence-corrected chi connectivity index (χ1v) is 7.86. The lowest BCUT2D eigenvalue weighted by Gasteiger charge is -2.09. The van der Waals surface area contributed by atoms with Gasteiger partial charge in [0.15, 0.2) is 0 Å². The van der Waals surface area contributed by atoms with E-state index in [9.17, 15) is 13.2 Å². The highest BCUT2D eigenvalue weighted by atomic mass is 35.5. The van der Waals surface area contributed by atoms with Crippen LogP contribution >= 0.6 is 23.2 Å². The zero-order valence-corrected chi connectivity index (χ0v) is 13.0. The second-order valence-corrected chi connectivity index (χ2v) is 6.64. The number of halogens is 2. The molecule has 0 atom stereocenters. The molecule has 0 bridgehead atoms. The third kappa shape index (κ3) is 3.15. The molecule has 9 heteroatoms. The molecule has 0 radical (unpaired) electrons. The van der Waals surface area contributed by atoms with Crippen LogP contribution in [0.1, 0.15) is 16.2 Å². The van der Waals surface area contributed by atoms with E-state index in [1.807, 2.05) is 0 Å². The van der Waals surface area contributed by atoms with E-state index < -0.39 is 16.0 Å². The fourth-order valence-electron chi connectivity index (χ4n) is 1.73. The van der Waals surface area contributed by atoms with Gasteiger partial charge in [0.2, 0.25) is 0 Å². The minimum absolute atomic E-state index is 0.0731. The average molecular weight is 349 g/mol. The van der Waals surface area contributed by atoms with Crippen LogP contribution < -0.4 is 4.72 Å². The van der Waals surface area contributed by atoms with Gasteiger partial charge in [-0.2, -0.15) is 0 Å². The zero-order valence-electron chi connectivity index (χ0n) is 10.6. The zero-order chi connectivity index (χ0) is 15.8. The molecule has 0 aliphatic heterocycles. The van der Waals surface area contributed by atoms with Gasteiger partial charge in [-0.15, -0.1) is 0 Å². The topological polar surface area (TPSA) is 99.3 Å². The van der Waals surface area contributed by atoms with E-state index in [0.717, 1.165) is 0 Å². The summed E-state index contributed by atoms with van der Waals surface area (Å²) in [6, 6.07) is 5.53. The highest BCUT2D eigenvalue weighted by Gasteiger charge is 2.23. The van der Waals surface area contributed by atoms with E-state index >= 15 is 0 Å². The second kappa shape index (κ2) is 5.59. The predicted octanol–water partition coefficient (Wildman–Crippen LogP) is 3.13. The summed E-state index contributed by atoms with van der Waals surface area (Å²) in [5.74, 6) is -1.28. The Bertz CT molecular complexity index is 815. The molecule has 0 amide bonds. The van der Waals surface area contributed by atoms with Gasteiger partial charge >= 0.3 is 5.97 Å². The Hall–Kier alpha value is -1.70. The van der Waals surface area contributed by atoms with Crippen molar-refractivity contribution in [3.63, 3.8) is 0 Å². The number of hydrogen-bond donors (Lipinski definition) is 3. The molecule has 0 spiro atoms. The van der Waals surface area contributed by atoms with E-state index in [1.165, 1.54) is 24.3 Å². The molecule has 0 unspecified atom stereocenters. The van der Waals surface area contributed by atoms with E-state index in [4.69, 9.17) is 28.3 Å². The molecule has 3 N–H and O–H groups in total. The maximum absolute atomic E-state index is 12.3. The molecular weight excluding hydrogens is 339 g/mol. The number of H-pyrrole nitrogens is 1. The predicted molar refractivity (Wildman–Crippen MR) is 79.8 cm³/mol. The number of nitrogens with one attached hydrogen (secondary N) is 2. The number of rotatable bonds is 4. The molecule has 2 aromatic rings. The summed E-state index contributed by atoms with van der Waals surface area (Å²) in [5, 5.41) is 8.99. The number of carbonyl (C=O) groups is 1. The molecule has 1 heterocycles. The first-order valence-electron chi connectivity index (χ1n) is 5.62. The minimum atomic E-state index is -4.06. The molecule has 2 rings (SSSR count). The smallest absolute Gasteiger partial charge is 0.354 e. The van der Waals surface area contributed by atoms with Crippen LogP contribution in [0.15, 0.2) is 29.2 Å². The first-order chi connectivity index (χ1) is 9.72. The molecular formula is C12H10Cl2N2O4S. The van der Waals surface area contributed by atoms with Crippen LogP contribution in [0.2, 0.25) is 10.0 Å². The summed E-state index contributed by atoms with van der Waals surface area (Å²) in [7, 11) is -4.06. The Morgan fingerprint density at radius 2 is 2.00 bits per heavy atom. The molecule has 0 aliphatic rings. The van der Waals surface area contributed by atoms with Crippen molar-refractivity contribution < 1.29 is 18.3 Å². The van der Waals surface area contributed by atoms with Crippen LogP contribution in [0, 0.1) is 6.92 Å². The SMILES string of the molecule is Cc1cc(NS(=O)(=O)c2cccc(Cl)c2Cl)c(C(=O)O)[nH]1. The summed E-state index contributed by atoms with van der Waals surface area (Å²) in [5.41, 5.74) is 0.174. The van der Waals surface area contributed by atoms with Crippen molar-refractivity contribution in [2.45, 2.75) is 11.8 Å². The van der Waals surface area contributed by atoms with Gasteiger partial charge < -0.3 is 10.1 Å². The molecule has 112 valence electrons. The van der Waals surface area contributed by atoms with Gasteiger partial charge in [-0.25, -0.2) is 13.2 Å². The van der Waals surface area contributed by atoms with E-state index in [0.29, 0.717) is 5.69 Å². The minimum Gasteiger partial charge on any atom is -0.477 e. The summed E-state index contributed by atoms with van der Waals surface area (Å²) in [6.07, 6.45) is 0. The third-order valence-electron chi connectivity index (χ3n) is 2.62. The van der Waals surface area contributed by atoms with Crippen molar-refractivity contribution in [3.8, 4) is 0 Å². The third-order valence-corrected chi connectivity index (χ3v) is 4.96. The number of sulfonamides is 1. The van der Waals surface area contributed by atoms with Gasteiger partial charge in [-0.05, 0) is 25.1 Å². The number of aromatic nitrogens is 1. The van der Waals surface area contributed by atoms with Gasteiger partial charge in [-0.1, -0.05) is 29.3 Å². The number of hydrogen-bond acceptors (Lipinski definition) is 3. The highest BCUT2D eigenvalue weighted by molar-refractivity contribution is 7.92. The van der Waals surface area contributed by atoms with Crippen molar-refractivity contribution in [2.75, 3.05) is 4.72 Å². The number of benzene rings is 1. The van der Waals surface area contributed by atoms with Crippen LogP contribution in [0.25, 0.3) is 0 Å². The molecule has 0 saturated carbocycles. The molecule has 0 saturated heterocycles. The quantitative estimate of drug-likeness (QED) is 0.790. The summed E-state index contributed by atoms with van der Waals surface area (Å²) in [4.78, 5) is 13.4. The van der Waals surface area contributed by atoms with Crippen molar-refractivity contribution in [1.82, 2.24) is 4.98 Å². The number of aromatic amines is 1. The van der Waals surface area contributed by atoms with Gasteiger partial charge in [0, 0.05) is 5.69 Å². The monoisotopic (exact) mass is 348 g/mol. The number of carboxylic acid groups (broad SMARTS) is 1. The Kier molecular flexibility index (Phi) is 4.18. The summed E-state index contributed by atoms with van der Waals surface area (Å²) in [6.45, 7) is 1.61. The molecule has 1 aromatic carbocycles. The summed E-state index contributed by atoms with van der Waals surface area (Å²) < 4.78 is 26.8. The van der Waals surface area contributed by atoms with Crippen molar-refractivity contribution >= 4 is 44.9 Å². The Morgan fingerprint density at radius 3 is 2.62 bits per heavy atom. The lowest BCUT2D eigenvalue weighted by atomic mass is 10.4. The van der Waals surface area contributed by atoms with Gasteiger partial charge in [0.1, 0.15) is 10.6 Å². The van der Waals surface area contributed by atoms with Gasteiger partial charge in [0.05, 0.1) is 15.7 Å². The number of anilines is 1. The molecule has 0 aliphatic carbocycles. The highest BCUT2D eigenvalue weighted by Crippen LogP contribution is 2.30. The van der Waals surface area contributed by atoms with E-state index in [1.54, 1.807) is 6.92 Å². The Labute approximate surface area is 130 Å². The fraction of sp³-hybridized carbons (Fsp3) is 0.0833. The molecule has 6 nitrogen and oxygen atoms in total. The van der Waals surface area contributed by atoms with Crippen LogP contribution in [0.4, 0.5) is 5.69 Å². The lowest BCUT2D eigenvalue weighted by Crippen LogP contribution is -2.15. The maximum atomic E-state index is 12.3. The van der Waals surface area contributed by atoms with Crippen molar-refractivity contribution in [2.24, 2.45) is 0 Å². The molecule has 1 aromatic heterocycles. The normalized spacial score (nSPS) is 11.4. The first kappa shape index (κ1) is 15.7. The van der Waals surface area contributed by atoms with E-state index in [-0.39, 0.29) is 26.3 Å². The van der Waals surface area contributed by atoms with Crippen LogP contribution in [0.3, 0.4) is 0 Å². The van der Waals surface area contributed by atoms with Gasteiger partial charge in [-0.3, -0.25) is 4.72 Å². The van der Waals surface area contributed by atoms with Crippen LogP contribution in [-0.4, -0.2) is 24.5 Å².